The number of hydrogen-bond acceptors (Lipinski definition) is 5. The van der Waals surface area contributed by atoms with Crippen LogP contribution in [0.15, 0.2) is 6.07 Å². The summed E-state index contributed by atoms with van der Waals surface area (Å²) in [7, 11) is -1.64. The zero-order chi connectivity index (χ0) is 15.3. The summed E-state index contributed by atoms with van der Waals surface area (Å²) in [5.41, 5.74) is 0. The van der Waals surface area contributed by atoms with Crippen LogP contribution in [0.1, 0.15) is 13.3 Å². The largest absolute Gasteiger partial charge is 0.368 e. The molecule has 0 fully saturated rings. The lowest BCUT2D eigenvalue weighted by Crippen LogP contribution is -2.27. The fourth-order valence-corrected chi connectivity index (χ4v) is 2.11. The monoisotopic (exact) mass is 307 g/mol. The van der Waals surface area contributed by atoms with Crippen molar-refractivity contribution in [2.75, 3.05) is 42.4 Å². The maximum Gasteiger partial charge on any atom is 0.168 e. The lowest BCUT2D eigenvalue weighted by atomic mass is 10.3. The van der Waals surface area contributed by atoms with Crippen LogP contribution in [-0.4, -0.2) is 45.5 Å². The van der Waals surface area contributed by atoms with Crippen molar-refractivity contribution in [3.8, 4) is 0 Å². The van der Waals surface area contributed by atoms with Crippen LogP contribution in [0.5, 0.6) is 0 Å². The zero-order valence-electron chi connectivity index (χ0n) is 11.8. The van der Waals surface area contributed by atoms with Crippen molar-refractivity contribution in [1.82, 2.24) is 4.98 Å². The molecule has 1 heterocycles. The Morgan fingerprint density at radius 1 is 1.35 bits per heavy atom. The van der Waals surface area contributed by atoms with Crippen LogP contribution < -0.4 is 10.2 Å². The number of aromatic nitrogens is 1. The van der Waals surface area contributed by atoms with Crippen LogP contribution in [0.2, 0.25) is 0 Å². The van der Waals surface area contributed by atoms with Crippen molar-refractivity contribution >= 4 is 21.5 Å². The molecule has 0 unspecified atom stereocenters. The third-order valence-corrected chi connectivity index (χ3v) is 3.54. The Morgan fingerprint density at radius 3 is 2.55 bits per heavy atom. The van der Waals surface area contributed by atoms with Crippen molar-refractivity contribution in [2.45, 2.75) is 13.3 Å². The highest BCUT2D eigenvalue weighted by Gasteiger charge is 2.16. The van der Waals surface area contributed by atoms with Gasteiger partial charge in [0.05, 0.1) is 5.75 Å². The molecular weight excluding hydrogens is 288 g/mol. The minimum atomic E-state index is -3.15. The van der Waals surface area contributed by atoms with E-state index >= 15 is 0 Å². The Labute approximate surface area is 117 Å². The average Bonchev–Trinajstić information content (AvgIpc) is 2.34. The van der Waals surface area contributed by atoms with Crippen molar-refractivity contribution in [2.24, 2.45) is 0 Å². The molecule has 1 aromatic heterocycles. The molecule has 0 aliphatic heterocycles. The second kappa shape index (κ2) is 6.83. The minimum Gasteiger partial charge on any atom is -0.368 e. The molecule has 1 N–H and O–H groups in total. The predicted octanol–water partition coefficient (Wildman–Crippen LogP) is 1.66. The fraction of sp³-hybridized carbons (Fsp3) is 0.583. The van der Waals surface area contributed by atoms with Gasteiger partial charge >= 0.3 is 0 Å². The first-order valence-corrected chi connectivity index (χ1v) is 8.29. The van der Waals surface area contributed by atoms with Gasteiger partial charge in [0, 0.05) is 32.5 Å². The van der Waals surface area contributed by atoms with E-state index < -0.39 is 21.5 Å². The number of anilines is 2. The van der Waals surface area contributed by atoms with Gasteiger partial charge in [-0.25, -0.2) is 22.2 Å². The Morgan fingerprint density at radius 2 is 2.00 bits per heavy atom. The van der Waals surface area contributed by atoms with E-state index in [1.165, 1.54) is 11.9 Å². The first kappa shape index (κ1) is 16.6. The number of nitrogens with one attached hydrogen (secondary N) is 1. The first-order valence-electron chi connectivity index (χ1n) is 6.23. The molecule has 0 radical (unpaired) electrons. The molecule has 8 heteroatoms. The standard InChI is InChI=1S/C12H19F2N3O2S/c1-4-5-15-11-9(13)8-10(14)12(16-11)17(2)6-7-20(3,18)19/h8H,4-7H2,1-3H3,(H,15,16). The van der Waals surface area contributed by atoms with E-state index in [0.717, 1.165) is 18.7 Å². The number of nitrogens with zero attached hydrogens (tertiary/aromatic N) is 2. The summed E-state index contributed by atoms with van der Waals surface area (Å²) in [5, 5.41) is 2.76. The van der Waals surface area contributed by atoms with Gasteiger partial charge in [-0.3, -0.25) is 0 Å². The van der Waals surface area contributed by atoms with E-state index in [0.29, 0.717) is 6.54 Å². The Hall–Kier alpha value is -1.44. The number of rotatable bonds is 7. The second-order valence-corrected chi connectivity index (χ2v) is 6.86. The first-order chi connectivity index (χ1) is 9.24. The molecule has 0 aromatic carbocycles. The van der Waals surface area contributed by atoms with Gasteiger partial charge in [-0.1, -0.05) is 6.92 Å². The van der Waals surface area contributed by atoms with E-state index in [-0.39, 0.29) is 23.9 Å². The van der Waals surface area contributed by atoms with Crippen molar-refractivity contribution in [1.29, 1.82) is 0 Å². The van der Waals surface area contributed by atoms with Gasteiger partial charge in [-0.2, -0.15) is 0 Å². The summed E-state index contributed by atoms with van der Waals surface area (Å²) in [6.45, 7) is 2.51. The third-order valence-electron chi connectivity index (χ3n) is 2.61. The third kappa shape index (κ3) is 4.92. The number of sulfone groups is 1. The minimum absolute atomic E-state index is 0.0329. The van der Waals surface area contributed by atoms with Crippen LogP contribution in [-0.2, 0) is 9.84 Å². The lowest BCUT2D eigenvalue weighted by molar-refractivity contribution is 0.572. The summed E-state index contributed by atoms with van der Waals surface area (Å²) >= 11 is 0. The predicted molar refractivity (Wildman–Crippen MR) is 75.9 cm³/mol. The molecule has 5 nitrogen and oxygen atoms in total. The Kier molecular flexibility index (Phi) is 5.67. The maximum absolute atomic E-state index is 13.7. The highest BCUT2D eigenvalue weighted by atomic mass is 32.2. The van der Waals surface area contributed by atoms with Crippen molar-refractivity contribution in [3.05, 3.63) is 17.7 Å². The molecule has 0 aliphatic carbocycles. The van der Waals surface area contributed by atoms with Gasteiger partial charge in [0.2, 0.25) is 0 Å². The van der Waals surface area contributed by atoms with Crippen LogP contribution in [0, 0.1) is 11.6 Å². The molecule has 0 bridgehead atoms. The molecule has 0 amide bonds. The van der Waals surface area contributed by atoms with Gasteiger partial charge in [0.25, 0.3) is 0 Å². The van der Waals surface area contributed by atoms with Gasteiger partial charge in [0.15, 0.2) is 23.3 Å². The van der Waals surface area contributed by atoms with E-state index in [9.17, 15) is 17.2 Å². The van der Waals surface area contributed by atoms with E-state index in [4.69, 9.17) is 0 Å². The van der Waals surface area contributed by atoms with Crippen molar-refractivity contribution < 1.29 is 17.2 Å². The summed E-state index contributed by atoms with van der Waals surface area (Å²) < 4.78 is 49.4. The van der Waals surface area contributed by atoms with Crippen molar-refractivity contribution in [3.63, 3.8) is 0 Å². The topological polar surface area (TPSA) is 62.3 Å². The van der Waals surface area contributed by atoms with Gasteiger partial charge in [-0.05, 0) is 6.42 Å². The maximum atomic E-state index is 13.7. The molecule has 114 valence electrons. The molecule has 1 rings (SSSR count). The van der Waals surface area contributed by atoms with Gasteiger partial charge < -0.3 is 10.2 Å². The summed E-state index contributed by atoms with van der Waals surface area (Å²) in [6.07, 6.45) is 1.88. The highest BCUT2D eigenvalue weighted by Crippen LogP contribution is 2.21. The van der Waals surface area contributed by atoms with Gasteiger partial charge in [-0.15, -0.1) is 0 Å². The van der Waals surface area contributed by atoms with Crippen LogP contribution in [0.3, 0.4) is 0 Å². The summed E-state index contributed by atoms with van der Waals surface area (Å²) in [5.74, 6) is -1.82. The van der Waals surface area contributed by atoms with E-state index in [1.54, 1.807) is 0 Å². The Balaban J connectivity index is 2.92. The summed E-state index contributed by atoms with van der Waals surface area (Å²) in [4.78, 5) is 5.23. The highest BCUT2D eigenvalue weighted by molar-refractivity contribution is 7.90. The lowest BCUT2D eigenvalue weighted by Gasteiger charge is -2.19. The van der Waals surface area contributed by atoms with Crippen LogP contribution >= 0.6 is 0 Å². The van der Waals surface area contributed by atoms with E-state index in [2.05, 4.69) is 10.3 Å². The number of pyridine rings is 1. The molecule has 0 saturated carbocycles. The SMILES string of the molecule is CCCNc1nc(N(C)CCS(C)(=O)=O)c(F)cc1F. The second-order valence-electron chi connectivity index (χ2n) is 4.60. The molecule has 0 saturated heterocycles. The summed E-state index contributed by atoms with van der Waals surface area (Å²) in [6, 6.07) is 0.747. The molecule has 20 heavy (non-hydrogen) atoms. The quantitative estimate of drug-likeness (QED) is 0.830. The molecule has 0 atom stereocenters. The molecule has 0 aliphatic rings. The van der Waals surface area contributed by atoms with Gasteiger partial charge in [0.1, 0.15) is 9.84 Å². The van der Waals surface area contributed by atoms with Crippen LogP contribution in [0.25, 0.3) is 0 Å². The normalized spacial score (nSPS) is 11.4. The Bertz CT molecular complexity index is 564. The zero-order valence-corrected chi connectivity index (χ0v) is 12.6. The van der Waals surface area contributed by atoms with E-state index in [1.807, 2.05) is 6.92 Å². The molecular formula is C12H19F2N3O2S. The fourth-order valence-electron chi connectivity index (χ4n) is 1.50. The average molecular weight is 307 g/mol. The number of halogens is 2. The smallest absolute Gasteiger partial charge is 0.168 e. The molecule has 1 aromatic rings. The van der Waals surface area contributed by atoms with Crippen LogP contribution in [0.4, 0.5) is 20.4 Å². The molecule has 0 spiro atoms. The number of hydrogen-bond donors (Lipinski definition) is 1.